The summed E-state index contributed by atoms with van der Waals surface area (Å²) < 4.78 is 20.6. The molecule has 0 spiro atoms. The van der Waals surface area contributed by atoms with Crippen molar-refractivity contribution in [2.24, 2.45) is 13.0 Å². The van der Waals surface area contributed by atoms with Crippen LogP contribution < -0.4 is 10.1 Å². The number of ether oxygens (including phenoxy) is 3. The van der Waals surface area contributed by atoms with Gasteiger partial charge in [0.15, 0.2) is 0 Å². The molecule has 3 aromatic heterocycles. The molecule has 2 saturated heterocycles. The maximum atomic E-state index is 9.63. The van der Waals surface area contributed by atoms with Crippen molar-refractivity contribution in [1.29, 1.82) is 5.26 Å². The van der Waals surface area contributed by atoms with E-state index in [1.807, 2.05) is 30.8 Å². The third-order valence-corrected chi connectivity index (χ3v) is 5.70. The van der Waals surface area contributed by atoms with Gasteiger partial charge in [-0.1, -0.05) is 6.92 Å². The van der Waals surface area contributed by atoms with Gasteiger partial charge >= 0.3 is 0 Å². The van der Waals surface area contributed by atoms with Crippen molar-refractivity contribution in [2.45, 2.75) is 32.1 Å². The number of fused-ring (bicyclic) bond motifs is 1. The number of nitriles is 1. The largest absolute Gasteiger partial charge is 0.467 e. The first kappa shape index (κ1) is 18.8. The number of anilines is 2. The number of rotatable bonds is 5. The van der Waals surface area contributed by atoms with E-state index < -0.39 is 0 Å². The average Bonchev–Trinajstić information content (AvgIpc) is 3.40. The van der Waals surface area contributed by atoms with Crippen LogP contribution in [0.4, 0.5) is 11.6 Å². The monoisotopic (exact) mass is 409 g/mol. The van der Waals surface area contributed by atoms with Crippen LogP contribution in [0.1, 0.15) is 25.6 Å². The minimum Gasteiger partial charge on any atom is -0.467 e. The highest BCUT2D eigenvalue weighted by Crippen LogP contribution is 2.33. The predicted octanol–water partition coefficient (Wildman–Crippen LogP) is 2.15. The first-order chi connectivity index (χ1) is 14.5. The summed E-state index contributed by atoms with van der Waals surface area (Å²) in [6.07, 6.45) is 3.56. The first-order valence-electron chi connectivity index (χ1n) is 9.98. The van der Waals surface area contributed by atoms with Gasteiger partial charge in [0.2, 0.25) is 5.95 Å². The molecule has 0 saturated carbocycles. The van der Waals surface area contributed by atoms with Crippen LogP contribution in [-0.2, 0) is 16.5 Å². The Labute approximate surface area is 173 Å². The lowest BCUT2D eigenvalue weighted by Crippen LogP contribution is -2.46. The maximum absolute atomic E-state index is 9.63. The van der Waals surface area contributed by atoms with Crippen molar-refractivity contribution < 1.29 is 14.2 Å². The summed E-state index contributed by atoms with van der Waals surface area (Å²) >= 11 is 0. The molecular formula is C20H23N7O3. The molecule has 2 fully saturated rings. The van der Waals surface area contributed by atoms with Crippen LogP contribution in [0.5, 0.6) is 5.88 Å². The van der Waals surface area contributed by atoms with Crippen LogP contribution in [0.2, 0.25) is 0 Å². The van der Waals surface area contributed by atoms with Crippen LogP contribution in [0.3, 0.4) is 0 Å². The second kappa shape index (κ2) is 7.27. The van der Waals surface area contributed by atoms with E-state index in [-0.39, 0.29) is 18.2 Å². The molecule has 156 valence electrons. The molecule has 4 atom stereocenters. The SMILES string of the molecule is C[C@@H]1OC[C@H]1Oc1nn(C)cc1Nc1ncc2cc(C#N)n([C@H]3COC[C@@H]3C)c2n1. The number of hydrogen-bond acceptors (Lipinski definition) is 8. The lowest BCUT2D eigenvalue weighted by Gasteiger charge is -2.33. The molecule has 0 unspecified atom stereocenters. The van der Waals surface area contributed by atoms with Crippen LogP contribution in [0.15, 0.2) is 18.5 Å². The number of hydrogen-bond donors (Lipinski definition) is 1. The van der Waals surface area contributed by atoms with Crippen molar-refractivity contribution >= 4 is 22.7 Å². The van der Waals surface area contributed by atoms with Crippen LogP contribution in [0, 0.1) is 17.2 Å². The van der Waals surface area contributed by atoms with Gasteiger partial charge in [-0.15, -0.1) is 5.10 Å². The maximum Gasteiger partial charge on any atom is 0.257 e. The molecule has 10 nitrogen and oxygen atoms in total. The molecule has 5 heterocycles. The van der Waals surface area contributed by atoms with Gasteiger partial charge in [0.05, 0.1) is 38.2 Å². The fraction of sp³-hybridized carbons (Fsp3) is 0.500. The summed E-state index contributed by atoms with van der Waals surface area (Å²) in [7, 11) is 1.83. The highest BCUT2D eigenvalue weighted by Gasteiger charge is 2.32. The molecule has 0 radical (unpaired) electrons. The van der Waals surface area contributed by atoms with Crippen molar-refractivity contribution in [2.75, 3.05) is 25.1 Å². The van der Waals surface area contributed by atoms with Gasteiger partial charge in [-0.05, 0) is 13.0 Å². The molecule has 0 aliphatic carbocycles. The summed E-state index contributed by atoms with van der Waals surface area (Å²) in [4.78, 5) is 9.14. The smallest absolute Gasteiger partial charge is 0.257 e. The van der Waals surface area contributed by atoms with Crippen molar-refractivity contribution in [3.63, 3.8) is 0 Å². The standard InChI is InChI=1S/C20H23N7O3/c1-11-8-28-9-16(11)27-14(5-21)4-13-6-22-20(24-18(13)27)23-15-7-26(3)25-19(15)30-17-10-29-12(17)2/h4,6-7,11-12,16-17H,8-10H2,1-3H3,(H,22,23,24)/t11-,12-,16-,17+/m0/s1. The summed E-state index contributed by atoms with van der Waals surface area (Å²) in [6.45, 7) is 5.87. The van der Waals surface area contributed by atoms with E-state index in [4.69, 9.17) is 19.2 Å². The van der Waals surface area contributed by atoms with Gasteiger partial charge in [0.25, 0.3) is 5.88 Å². The van der Waals surface area contributed by atoms with Gasteiger partial charge in [0.1, 0.15) is 29.2 Å². The average molecular weight is 409 g/mol. The Balaban J connectivity index is 1.48. The molecule has 0 amide bonds. The summed E-state index contributed by atoms with van der Waals surface area (Å²) in [5, 5.41) is 18.1. The van der Waals surface area contributed by atoms with Gasteiger partial charge in [-0.3, -0.25) is 4.68 Å². The summed E-state index contributed by atoms with van der Waals surface area (Å²) in [5.74, 6) is 1.19. The molecule has 5 rings (SSSR count). The zero-order valence-corrected chi connectivity index (χ0v) is 17.1. The summed E-state index contributed by atoms with van der Waals surface area (Å²) in [6, 6.07) is 4.16. The third kappa shape index (κ3) is 3.16. The third-order valence-electron chi connectivity index (χ3n) is 5.70. The van der Waals surface area contributed by atoms with Gasteiger partial charge in [-0.25, -0.2) is 4.98 Å². The molecule has 0 bridgehead atoms. The van der Waals surface area contributed by atoms with Crippen molar-refractivity contribution in [3.05, 3.63) is 24.2 Å². The van der Waals surface area contributed by atoms with E-state index in [1.54, 1.807) is 10.9 Å². The number of aryl methyl sites for hydroxylation is 1. The molecule has 3 aromatic rings. The fourth-order valence-electron chi connectivity index (χ4n) is 3.87. The zero-order valence-electron chi connectivity index (χ0n) is 17.1. The molecule has 10 heteroatoms. The number of nitrogens with one attached hydrogen (secondary N) is 1. The Morgan fingerprint density at radius 1 is 1.30 bits per heavy atom. The Morgan fingerprint density at radius 3 is 2.83 bits per heavy atom. The van der Waals surface area contributed by atoms with E-state index in [2.05, 4.69) is 28.4 Å². The van der Waals surface area contributed by atoms with E-state index in [0.717, 1.165) is 5.39 Å². The Hall–Kier alpha value is -3.16. The highest BCUT2D eigenvalue weighted by molar-refractivity contribution is 5.79. The van der Waals surface area contributed by atoms with Crippen molar-refractivity contribution in [1.82, 2.24) is 24.3 Å². The van der Waals surface area contributed by atoms with Gasteiger partial charge < -0.3 is 24.1 Å². The topological polar surface area (TPSA) is 112 Å². The second-order valence-electron chi connectivity index (χ2n) is 7.91. The van der Waals surface area contributed by atoms with Crippen LogP contribution in [-0.4, -0.2) is 56.3 Å². The fourth-order valence-corrected chi connectivity index (χ4v) is 3.87. The predicted molar refractivity (Wildman–Crippen MR) is 108 cm³/mol. The lowest BCUT2D eigenvalue weighted by atomic mass is 10.1. The molecule has 2 aliphatic heterocycles. The van der Waals surface area contributed by atoms with E-state index >= 15 is 0 Å². The summed E-state index contributed by atoms with van der Waals surface area (Å²) in [5.41, 5.74) is 1.94. The Morgan fingerprint density at radius 2 is 2.17 bits per heavy atom. The molecular weight excluding hydrogens is 386 g/mol. The first-order valence-corrected chi connectivity index (χ1v) is 9.98. The molecule has 1 N–H and O–H groups in total. The van der Waals surface area contributed by atoms with Gasteiger partial charge in [0, 0.05) is 24.5 Å². The van der Waals surface area contributed by atoms with E-state index in [0.29, 0.717) is 54.6 Å². The van der Waals surface area contributed by atoms with Crippen LogP contribution in [0.25, 0.3) is 11.0 Å². The Bertz CT molecular complexity index is 1130. The number of aromatic nitrogens is 5. The van der Waals surface area contributed by atoms with Crippen LogP contribution >= 0.6 is 0 Å². The normalized spacial score (nSPS) is 25.8. The second-order valence-corrected chi connectivity index (χ2v) is 7.91. The number of nitrogens with zero attached hydrogens (tertiary/aromatic N) is 6. The Kier molecular flexibility index (Phi) is 4.56. The van der Waals surface area contributed by atoms with Gasteiger partial charge in [-0.2, -0.15) is 10.2 Å². The zero-order chi connectivity index (χ0) is 20.8. The minimum absolute atomic E-state index is 0.0249. The quantitative estimate of drug-likeness (QED) is 0.682. The lowest BCUT2D eigenvalue weighted by molar-refractivity contribution is -0.140. The molecule has 30 heavy (non-hydrogen) atoms. The highest BCUT2D eigenvalue weighted by atomic mass is 16.6. The van der Waals surface area contributed by atoms with E-state index in [9.17, 15) is 5.26 Å². The van der Waals surface area contributed by atoms with E-state index in [1.165, 1.54) is 0 Å². The van der Waals surface area contributed by atoms with Crippen molar-refractivity contribution in [3.8, 4) is 11.9 Å². The molecule has 0 aromatic carbocycles. The minimum atomic E-state index is -0.0249. The molecule has 2 aliphatic rings.